The van der Waals surface area contributed by atoms with Gasteiger partial charge in [-0.1, -0.05) is 29.8 Å². The number of halogens is 1. The van der Waals surface area contributed by atoms with Crippen LogP contribution in [0.2, 0.25) is 0 Å². The van der Waals surface area contributed by atoms with Crippen molar-refractivity contribution in [1.82, 2.24) is 10.2 Å². The summed E-state index contributed by atoms with van der Waals surface area (Å²) in [5.41, 5.74) is 1.60. The van der Waals surface area contributed by atoms with Crippen LogP contribution in [0, 0.1) is 12.8 Å². The number of nitrogens with zero attached hydrogens (tertiary/aromatic N) is 1. The lowest BCUT2D eigenvalue weighted by Crippen LogP contribution is -2.39. The van der Waals surface area contributed by atoms with Crippen LogP contribution in [0.1, 0.15) is 19.4 Å². The average molecular weight is 368 g/mol. The summed E-state index contributed by atoms with van der Waals surface area (Å²) >= 11 is 3.38. The zero-order valence-electron chi connectivity index (χ0n) is 12.6. The van der Waals surface area contributed by atoms with Gasteiger partial charge in [-0.05, 0) is 36.6 Å². The summed E-state index contributed by atoms with van der Waals surface area (Å²) in [5.74, 6) is -0.782. The van der Waals surface area contributed by atoms with Crippen LogP contribution in [-0.2, 0) is 9.59 Å². The summed E-state index contributed by atoms with van der Waals surface area (Å²) in [4.78, 5) is 36.9. The second kappa shape index (κ2) is 6.48. The van der Waals surface area contributed by atoms with E-state index in [0.29, 0.717) is 5.69 Å². The highest BCUT2D eigenvalue weighted by molar-refractivity contribution is 9.10. The van der Waals surface area contributed by atoms with Crippen molar-refractivity contribution in [3.63, 3.8) is 0 Å². The number of carbonyl (C=O) groups excluding carboxylic acids is 3. The Morgan fingerprint density at radius 1 is 1.41 bits per heavy atom. The van der Waals surface area contributed by atoms with Crippen molar-refractivity contribution in [3.05, 3.63) is 28.2 Å². The molecule has 0 aliphatic carbocycles. The molecule has 2 N–H and O–H groups in total. The Bertz CT molecular complexity index is 630. The zero-order valence-corrected chi connectivity index (χ0v) is 14.2. The minimum absolute atomic E-state index is 0.0152. The van der Waals surface area contributed by atoms with Gasteiger partial charge in [0.25, 0.3) is 5.91 Å². The number of aryl methyl sites for hydroxylation is 1. The van der Waals surface area contributed by atoms with E-state index in [1.807, 2.05) is 32.9 Å². The molecule has 1 aromatic rings. The molecule has 1 saturated heterocycles. The van der Waals surface area contributed by atoms with Crippen LogP contribution >= 0.6 is 15.9 Å². The number of hydrogen-bond acceptors (Lipinski definition) is 3. The largest absolute Gasteiger partial charge is 0.326 e. The topological polar surface area (TPSA) is 78.5 Å². The van der Waals surface area contributed by atoms with Crippen molar-refractivity contribution in [3.8, 4) is 0 Å². The van der Waals surface area contributed by atoms with Crippen LogP contribution in [0.5, 0.6) is 0 Å². The van der Waals surface area contributed by atoms with Crippen molar-refractivity contribution in [1.29, 1.82) is 0 Å². The monoisotopic (exact) mass is 367 g/mol. The van der Waals surface area contributed by atoms with Crippen molar-refractivity contribution in [2.45, 2.75) is 26.8 Å². The van der Waals surface area contributed by atoms with Crippen LogP contribution < -0.4 is 10.6 Å². The van der Waals surface area contributed by atoms with Gasteiger partial charge in [-0.25, -0.2) is 4.79 Å². The minimum atomic E-state index is -0.560. The van der Waals surface area contributed by atoms with Gasteiger partial charge in [-0.15, -0.1) is 0 Å². The minimum Gasteiger partial charge on any atom is -0.326 e. The van der Waals surface area contributed by atoms with Gasteiger partial charge in [0.05, 0.1) is 0 Å². The first-order valence-corrected chi connectivity index (χ1v) is 7.76. The third-order valence-electron chi connectivity index (χ3n) is 3.47. The Morgan fingerprint density at radius 3 is 2.64 bits per heavy atom. The lowest BCUT2D eigenvalue weighted by Gasteiger charge is -2.14. The van der Waals surface area contributed by atoms with Crippen LogP contribution in [-0.4, -0.2) is 35.3 Å². The average Bonchev–Trinajstić information content (AvgIpc) is 2.71. The molecular weight excluding hydrogens is 350 g/mol. The molecule has 0 spiro atoms. The second-order valence-corrected chi connectivity index (χ2v) is 6.46. The molecule has 7 heteroatoms. The zero-order chi connectivity index (χ0) is 16.4. The van der Waals surface area contributed by atoms with Crippen molar-refractivity contribution in [2.75, 3.05) is 11.9 Å². The van der Waals surface area contributed by atoms with Crippen LogP contribution in [0.4, 0.5) is 10.5 Å². The smallest absolute Gasteiger partial charge is 0.325 e. The van der Waals surface area contributed by atoms with Gasteiger partial charge in [0.1, 0.15) is 12.6 Å². The molecule has 1 aromatic carbocycles. The summed E-state index contributed by atoms with van der Waals surface area (Å²) in [5, 5.41) is 5.28. The molecule has 0 unspecified atom stereocenters. The number of nitrogens with one attached hydrogen (secondary N) is 2. The Kier molecular flexibility index (Phi) is 4.85. The number of urea groups is 1. The second-order valence-electron chi connectivity index (χ2n) is 5.61. The summed E-state index contributed by atoms with van der Waals surface area (Å²) < 4.78 is 0.944. The summed E-state index contributed by atoms with van der Waals surface area (Å²) in [6, 6.07) is 4.30. The molecule has 2 rings (SSSR count). The molecule has 1 aliphatic heterocycles. The number of imide groups is 1. The van der Waals surface area contributed by atoms with E-state index in [-0.39, 0.29) is 18.4 Å². The van der Waals surface area contributed by atoms with E-state index in [9.17, 15) is 14.4 Å². The summed E-state index contributed by atoms with van der Waals surface area (Å²) in [6.45, 7) is 5.31. The van der Waals surface area contributed by atoms with Crippen molar-refractivity contribution >= 4 is 39.5 Å². The Balaban J connectivity index is 2.01. The molecule has 4 amide bonds. The fourth-order valence-electron chi connectivity index (χ4n) is 2.21. The van der Waals surface area contributed by atoms with Gasteiger partial charge < -0.3 is 10.6 Å². The number of anilines is 1. The van der Waals surface area contributed by atoms with Gasteiger partial charge in [-0.3, -0.25) is 14.5 Å². The maximum absolute atomic E-state index is 12.1. The highest BCUT2D eigenvalue weighted by Crippen LogP contribution is 2.20. The molecule has 0 bridgehead atoms. The lowest BCUT2D eigenvalue weighted by molar-refractivity contribution is -0.131. The highest BCUT2D eigenvalue weighted by Gasteiger charge is 2.40. The van der Waals surface area contributed by atoms with E-state index < -0.39 is 18.0 Å². The molecule has 1 heterocycles. The molecule has 118 valence electrons. The van der Waals surface area contributed by atoms with Crippen molar-refractivity contribution < 1.29 is 14.4 Å². The van der Waals surface area contributed by atoms with Crippen LogP contribution in [0.3, 0.4) is 0 Å². The first-order chi connectivity index (χ1) is 10.3. The molecule has 6 nitrogen and oxygen atoms in total. The molecule has 22 heavy (non-hydrogen) atoms. The van der Waals surface area contributed by atoms with E-state index in [2.05, 4.69) is 26.6 Å². The van der Waals surface area contributed by atoms with E-state index in [1.165, 1.54) is 0 Å². The van der Waals surface area contributed by atoms with Gasteiger partial charge in [0.2, 0.25) is 5.91 Å². The maximum Gasteiger partial charge on any atom is 0.325 e. The number of amides is 4. The molecular formula is C15H18BrN3O3. The summed E-state index contributed by atoms with van der Waals surface area (Å²) in [7, 11) is 0. The highest BCUT2D eigenvalue weighted by atomic mass is 79.9. The summed E-state index contributed by atoms with van der Waals surface area (Å²) in [6.07, 6.45) is 0. The Labute approximate surface area is 137 Å². The SMILES string of the molecule is Cc1cc(NC(=O)CN2C(=O)N[C@@H](C(C)C)C2=O)ccc1Br. The molecule has 1 atom stereocenters. The normalized spacial score (nSPS) is 17.9. The fourth-order valence-corrected chi connectivity index (χ4v) is 2.46. The molecule has 0 radical (unpaired) electrons. The molecule has 0 saturated carbocycles. The maximum atomic E-state index is 12.1. The van der Waals surface area contributed by atoms with Crippen LogP contribution in [0.15, 0.2) is 22.7 Å². The van der Waals surface area contributed by atoms with E-state index in [0.717, 1.165) is 14.9 Å². The predicted molar refractivity (Wildman–Crippen MR) is 86.4 cm³/mol. The number of benzene rings is 1. The fraction of sp³-hybridized carbons (Fsp3) is 0.400. The third-order valence-corrected chi connectivity index (χ3v) is 4.36. The van der Waals surface area contributed by atoms with Crippen molar-refractivity contribution in [2.24, 2.45) is 5.92 Å². The molecule has 1 fully saturated rings. The van der Waals surface area contributed by atoms with Gasteiger partial charge in [-0.2, -0.15) is 0 Å². The van der Waals surface area contributed by atoms with E-state index in [1.54, 1.807) is 6.07 Å². The first kappa shape index (κ1) is 16.5. The van der Waals surface area contributed by atoms with E-state index in [4.69, 9.17) is 0 Å². The van der Waals surface area contributed by atoms with Gasteiger partial charge in [0.15, 0.2) is 0 Å². The number of carbonyl (C=O) groups is 3. The Hall–Kier alpha value is -1.89. The number of rotatable bonds is 4. The molecule has 0 aromatic heterocycles. The Morgan fingerprint density at radius 2 is 2.09 bits per heavy atom. The lowest BCUT2D eigenvalue weighted by atomic mass is 10.1. The predicted octanol–water partition coefficient (Wildman–Crippen LogP) is 2.27. The third kappa shape index (κ3) is 3.47. The van der Waals surface area contributed by atoms with Gasteiger partial charge in [0, 0.05) is 10.2 Å². The van der Waals surface area contributed by atoms with E-state index >= 15 is 0 Å². The number of hydrogen-bond donors (Lipinski definition) is 2. The first-order valence-electron chi connectivity index (χ1n) is 6.97. The standard InChI is InChI=1S/C15H18BrN3O3/c1-8(2)13-14(21)19(15(22)18-13)7-12(20)17-10-4-5-11(16)9(3)6-10/h4-6,8,13H,7H2,1-3H3,(H,17,20)(H,18,22)/t13-/m0/s1. The quantitative estimate of drug-likeness (QED) is 0.801. The molecule has 1 aliphatic rings. The van der Waals surface area contributed by atoms with Crippen LogP contribution in [0.25, 0.3) is 0 Å². The van der Waals surface area contributed by atoms with Gasteiger partial charge >= 0.3 is 6.03 Å².